The van der Waals surface area contributed by atoms with Gasteiger partial charge in [-0.25, -0.2) is 11.4 Å². The first-order valence-corrected chi connectivity index (χ1v) is 7.30. The topological polar surface area (TPSA) is 30.7 Å². The first kappa shape index (κ1) is 17.0. The van der Waals surface area contributed by atoms with Gasteiger partial charge in [0, 0.05) is 0 Å². The van der Waals surface area contributed by atoms with E-state index >= 15 is 0 Å². The molecule has 0 aliphatic rings. The van der Waals surface area contributed by atoms with Crippen LogP contribution in [0.5, 0.6) is 0 Å². The van der Waals surface area contributed by atoms with Gasteiger partial charge in [0.2, 0.25) is 0 Å². The predicted octanol–water partition coefficient (Wildman–Crippen LogP) is 4.37. The molecule has 3 nitrogen and oxygen atoms in total. The summed E-state index contributed by atoms with van der Waals surface area (Å²) < 4.78 is 4.90. The van der Waals surface area contributed by atoms with E-state index in [1.165, 1.54) is 51.4 Å². The van der Waals surface area contributed by atoms with E-state index in [9.17, 15) is 4.79 Å². The van der Waals surface area contributed by atoms with E-state index in [0.717, 1.165) is 12.8 Å². The molecule has 0 aliphatic heterocycles. The maximum atomic E-state index is 10.9. The molecule has 0 saturated heterocycles. The van der Waals surface area contributed by atoms with Crippen molar-refractivity contribution in [3.63, 3.8) is 0 Å². The molecule has 0 aromatic carbocycles. The van der Waals surface area contributed by atoms with Crippen molar-refractivity contribution in [3.8, 4) is 0 Å². The summed E-state index contributed by atoms with van der Waals surface area (Å²) in [6, 6.07) is 0. The van der Waals surface area contributed by atoms with Crippen molar-refractivity contribution in [2.45, 2.75) is 71.1 Å². The highest BCUT2D eigenvalue weighted by molar-refractivity contribution is 5.73. The van der Waals surface area contributed by atoms with E-state index in [1.807, 2.05) is 0 Å². The summed E-state index contributed by atoms with van der Waals surface area (Å²) in [5, 5.41) is 0. The third kappa shape index (κ3) is 13.0. The lowest BCUT2D eigenvalue weighted by Gasteiger charge is -2.02. The molecule has 0 aromatic rings. The Kier molecular flexibility index (Phi) is 13.2. The maximum absolute atomic E-state index is 10.9. The number of carbonyl (C=O) groups excluding carboxylic acids is 1. The Morgan fingerprint density at radius 2 is 1.44 bits per heavy atom. The third-order valence-electron chi connectivity index (χ3n) is 2.97. The highest BCUT2D eigenvalue weighted by Gasteiger charge is 2.03. The van der Waals surface area contributed by atoms with Crippen LogP contribution < -0.4 is 0 Å². The number of rotatable bonds is 12. The van der Waals surface area contributed by atoms with Crippen molar-refractivity contribution < 1.29 is 9.53 Å². The summed E-state index contributed by atoms with van der Waals surface area (Å²) >= 11 is 0. The minimum absolute atomic E-state index is 0.141. The molecule has 0 heterocycles. The number of ether oxygens (including phenoxy) is 1. The number of hydrogen-bond donors (Lipinski definition) is 0. The van der Waals surface area contributed by atoms with Gasteiger partial charge in [-0.15, -0.1) is 0 Å². The molecule has 0 atom stereocenters. The van der Waals surface area contributed by atoms with E-state index in [0.29, 0.717) is 6.61 Å². The summed E-state index contributed by atoms with van der Waals surface area (Å²) in [5.41, 5.74) is 0. The van der Waals surface area contributed by atoms with Gasteiger partial charge in [0.25, 0.3) is 0 Å². The average Bonchev–Trinajstić information content (AvgIpc) is 2.36. The monoisotopic (exact) mass is 253 g/mol. The van der Waals surface area contributed by atoms with Gasteiger partial charge in [-0.2, -0.15) is 0 Å². The van der Waals surface area contributed by atoms with Crippen LogP contribution in [0.4, 0.5) is 0 Å². The summed E-state index contributed by atoms with van der Waals surface area (Å²) in [6.07, 6.45) is 12.7. The fraction of sp³-hybridized carbons (Fsp3) is 0.867. The molecule has 104 valence electrons. The minimum Gasteiger partial charge on any atom is -0.460 e. The molecule has 0 fully saturated rings. The molecule has 0 N–H and O–H groups in total. The van der Waals surface area contributed by atoms with E-state index < -0.39 is 0 Å². The molecule has 0 amide bonds. The van der Waals surface area contributed by atoms with Gasteiger partial charge >= 0.3 is 12.5 Å². The predicted molar refractivity (Wildman–Crippen MR) is 74.3 cm³/mol. The Morgan fingerprint density at radius 3 is 1.94 bits per heavy atom. The Bertz CT molecular complexity index is 233. The van der Waals surface area contributed by atoms with Gasteiger partial charge in [0.05, 0.1) is 6.61 Å². The van der Waals surface area contributed by atoms with Gasteiger partial charge in [-0.05, 0) is 6.42 Å². The lowest BCUT2D eigenvalue weighted by molar-refractivity contribution is -0.141. The molecule has 0 unspecified atom stereocenters. The van der Waals surface area contributed by atoms with Crippen LogP contribution in [0.2, 0.25) is 0 Å². The quantitative estimate of drug-likeness (QED) is 0.294. The highest BCUT2D eigenvalue weighted by Crippen LogP contribution is 2.10. The SMILES string of the molecule is [C-]#[N+]CC(=O)OCCCCCCCCCCCC. The minimum atomic E-state index is -0.388. The van der Waals surface area contributed by atoms with Gasteiger partial charge < -0.3 is 9.58 Å². The smallest absolute Gasteiger partial charge is 0.387 e. The van der Waals surface area contributed by atoms with Crippen LogP contribution >= 0.6 is 0 Å². The lowest BCUT2D eigenvalue weighted by atomic mass is 10.1. The second kappa shape index (κ2) is 14.0. The zero-order chi connectivity index (χ0) is 13.5. The zero-order valence-electron chi connectivity index (χ0n) is 11.7. The van der Waals surface area contributed by atoms with E-state index in [-0.39, 0.29) is 12.5 Å². The molecule has 0 saturated carbocycles. The van der Waals surface area contributed by atoms with Gasteiger partial charge in [0.15, 0.2) is 0 Å². The molecule has 0 spiro atoms. The van der Waals surface area contributed by atoms with Crippen LogP contribution in [-0.4, -0.2) is 19.1 Å². The van der Waals surface area contributed by atoms with Crippen LogP contribution in [0.15, 0.2) is 0 Å². The molecule has 0 bridgehead atoms. The molecular weight excluding hydrogens is 226 g/mol. The van der Waals surface area contributed by atoms with Crippen molar-refractivity contribution >= 4 is 5.97 Å². The van der Waals surface area contributed by atoms with Crippen molar-refractivity contribution in [1.29, 1.82) is 0 Å². The number of nitrogens with zero attached hydrogens (tertiary/aromatic N) is 1. The summed E-state index contributed by atoms with van der Waals surface area (Å²) in [5.74, 6) is -0.388. The zero-order valence-corrected chi connectivity index (χ0v) is 11.7. The Morgan fingerprint density at radius 1 is 0.944 bits per heavy atom. The van der Waals surface area contributed by atoms with Gasteiger partial charge in [-0.3, -0.25) is 0 Å². The van der Waals surface area contributed by atoms with Gasteiger partial charge in [0.1, 0.15) is 0 Å². The Balaban J connectivity index is 3.03. The van der Waals surface area contributed by atoms with Crippen molar-refractivity contribution in [3.05, 3.63) is 11.4 Å². The molecule has 0 rings (SSSR count). The first-order valence-electron chi connectivity index (χ1n) is 7.30. The molecule has 3 heteroatoms. The van der Waals surface area contributed by atoms with Crippen LogP contribution in [0, 0.1) is 6.57 Å². The van der Waals surface area contributed by atoms with E-state index in [4.69, 9.17) is 11.3 Å². The van der Waals surface area contributed by atoms with Crippen LogP contribution in [0.3, 0.4) is 0 Å². The average molecular weight is 253 g/mol. The van der Waals surface area contributed by atoms with Crippen molar-refractivity contribution in [1.82, 2.24) is 0 Å². The van der Waals surface area contributed by atoms with Crippen molar-refractivity contribution in [2.75, 3.05) is 13.2 Å². The van der Waals surface area contributed by atoms with Gasteiger partial charge in [-0.1, -0.05) is 64.7 Å². The fourth-order valence-electron chi connectivity index (χ4n) is 1.89. The normalized spacial score (nSPS) is 10.0. The van der Waals surface area contributed by atoms with E-state index in [1.54, 1.807) is 0 Å². The number of carbonyl (C=O) groups is 1. The summed E-state index contributed by atoms with van der Waals surface area (Å²) in [6.45, 7) is 9.09. The lowest BCUT2D eigenvalue weighted by Crippen LogP contribution is -2.07. The number of unbranched alkanes of at least 4 members (excludes halogenated alkanes) is 9. The van der Waals surface area contributed by atoms with Crippen molar-refractivity contribution in [2.24, 2.45) is 0 Å². The van der Waals surface area contributed by atoms with Crippen LogP contribution in [-0.2, 0) is 9.53 Å². The highest BCUT2D eigenvalue weighted by atomic mass is 16.5. The molecule has 0 aromatic heterocycles. The summed E-state index contributed by atoms with van der Waals surface area (Å²) in [7, 11) is 0. The summed E-state index contributed by atoms with van der Waals surface area (Å²) in [4.78, 5) is 13.8. The standard InChI is InChI=1S/C15H27NO2/c1-3-4-5-6-7-8-9-10-11-12-13-18-15(17)14-16-2/h3-14H2,1H3. The number of hydrogen-bond acceptors (Lipinski definition) is 2. The molecular formula is C15H27NO2. The molecule has 0 aliphatic carbocycles. The second-order valence-corrected chi connectivity index (χ2v) is 4.72. The van der Waals surface area contributed by atoms with Crippen LogP contribution in [0.25, 0.3) is 4.85 Å². The first-order chi connectivity index (χ1) is 8.81. The maximum Gasteiger partial charge on any atom is 0.387 e. The second-order valence-electron chi connectivity index (χ2n) is 4.72. The number of esters is 1. The molecule has 18 heavy (non-hydrogen) atoms. The Hall–Kier alpha value is -1.04. The Labute approximate surface area is 112 Å². The van der Waals surface area contributed by atoms with E-state index in [2.05, 4.69) is 11.8 Å². The fourth-order valence-corrected chi connectivity index (χ4v) is 1.89. The largest absolute Gasteiger partial charge is 0.460 e. The van der Waals surface area contributed by atoms with Crippen LogP contribution in [0.1, 0.15) is 71.1 Å². The molecule has 0 radical (unpaired) electrons. The third-order valence-corrected chi connectivity index (χ3v) is 2.97.